The van der Waals surface area contributed by atoms with E-state index in [0.29, 0.717) is 6.54 Å². The number of piperidine rings is 1. The molecule has 0 aliphatic carbocycles. The van der Waals surface area contributed by atoms with Crippen molar-refractivity contribution >= 4 is 10.9 Å². The molecule has 3 nitrogen and oxygen atoms in total. The van der Waals surface area contributed by atoms with Crippen molar-refractivity contribution in [3.8, 4) is 0 Å². The van der Waals surface area contributed by atoms with Gasteiger partial charge in [-0.3, -0.25) is 4.68 Å². The fraction of sp³-hybridized carbons (Fsp3) is 0.462. The van der Waals surface area contributed by atoms with E-state index in [0.717, 1.165) is 29.4 Å². The van der Waals surface area contributed by atoms with E-state index in [2.05, 4.69) is 16.5 Å². The molecule has 1 saturated heterocycles. The first-order valence-electron chi connectivity index (χ1n) is 6.02. The van der Waals surface area contributed by atoms with Crippen LogP contribution >= 0.6 is 0 Å². The number of hydrogen-bond acceptors (Lipinski definition) is 2. The van der Waals surface area contributed by atoms with E-state index in [-0.39, 0.29) is 5.92 Å². The Morgan fingerprint density at radius 1 is 1.47 bits per heavy atom. The lowest BCUT2D eigenvalue weighted by atomic mass is 9.88. The van der Waals surface area contributed by atoms with E-state index in [1.807, 2.05) is 30.1 Å². The van der Waals surface area contributed by atoms with Gasteiger partial charge in [-0.25, -0.2) is 4.39 Å². The minimum atomic E-state index is -0.783. The third kappa shape index (κ3) is 1.82. The Hall–Kier alpha value is -1.42. The summed E-state index contributed by atoms with van der Waals surface area (Å²) >= 11 is 0. The van der Waals surface area contributed by atoms with Gasteiger partial charge in [0.05, 0.1) is 11.7 Å². The molecule has 1 aromatic carbocycles. The predicted octanol–water partition coefficient (Wildman–Crippen LogP) is 1.99. The summed E-state index contributed by atoms with van der Waals surface area (Å²) in [6.07, 6.45) is 1.92. The third-order valence-electron chi connectivity index (χ3n) is 3.61. The maximum Gasteiger partial charge on any atom is 0.119 e. The van der Waals surface area contributed by atoms with Crippen LogP contribution in [0.3, 0.4) is 0 Å². The number of halogens is 1. The molecule has 2 atom stereocenters. The normalized spacial score (nSPS) is 25.3. The van der Waals surface area contributed by atoms with Crippen LogP contribution in [0.15, 0.2) is 24.4 Å². The summed E-state index contributed by atoms with van der Waals surface area (Å²) < 4.78 is 15.7. The van der Waals surface area contributed by atoms with Crippen molar-refractivity contribution < 1.29 is 4.39 Å². The predicted molar refractivity (Wildman–Crippen MR) is 65.8 cm³/mol. The molecule has 0 bridgehead atoms. The van der Waals surface area contributed by atoms with Crippen LogP contribution in [-0.4, -0.2) is 29.0 Å². The summed E-state index contributed by atoms with van der Waals surface area (Å²) in [5.41, 5.74) is 2.17. The summed E-state index contributed by atoms with van der Waals surface area (Å²) in [6.45, 7) is 1.36. The number of benzene rings is 1. The standard InChI is InChI=1S/C13H16FN3/c1-17-13-6-9(2-3-10(13)7-16-17)11-4-5-15-8-12(11)14/h2-3,6-7,11-12,15H,4-5,8H2,1H3. The van der Waals surface area contributed by atoms with Crippen molar-refractivity contribution in [3.05, 3.63) is 30.0 Å². The zero-order chi connectivity index (χ0) is 11.8. The number of aromatic nitrogens is 2. The molecule has 2 aromatic rings. The minimum absolute atomic E-state index is 0.0237. The van der Waals surface area contributed by atoms with Crippen LogP contribution in [0.5, 0.6) is 0 Å². The van der Waals surface area contributed by atoms with Crippen LogP contribution in [0.25, 0.3) is 10.9 Å². The van der Waals surface area contributed by atoms with Gasteiger partial charge in [0.2, 0.25) is 0 Å². The van der Waals surface area contributed by atoms with Crippen LogP contribution in [0.1, 0.15) is 17.9 Å². The molecule has 0 spiro atoms. The molecule has 1 fully saturated rings. The number of alkyl halides is 1. The Kier molecular flexibility index (Phi) is 2.59. The summed E-state index contributed by atoms with van der Waals surface area (Å²) in [4.78, 5) is 0. The van der Waals surface area contributed by atoms with Gasteiger partial charge >= 0.3 is 0 Å². The molecule has 1 aromatic heterocycles. The second kappa shape index (κ2) is 4.11. The molecule has 1 aliphatic rings. The maximum atomic E-state index is 13.9. The minimum Gasteiger partial charge on any atom is -0.314 e. The van der Waals surface area contributed by atoms with Crippen molar-refractivity contribution in [3.63, 3.8) is 0 Å². The first kappa shape index (κ1) is 10.7. The van der Waals surface area contributed by atoms with E-state index < -0.39 is 6.17 Å². The number of aryl methyl sites for hydroxylation is 1. The molecular weight excluding hydrogens is 217 g/mol. The monoisotopic (exact) mass is 233 g/mol. The molecule has 2 unspecified atom stereocenters. The number of nitrogens with one attached hydrogen (secondary N) is 1. The van der Waals surface area contributed by atoms with E-state index in [9.17, 15) is 4.39 Å². The lowest BCUT2D eigenvalue weighted by Crippen LogP contribution is -2.36. The van der Waals surface area contributed by atoms with Gasteiger partial charge in [-0.1, -0.05) is 12.1 Å². The third-order valence-corrected chi connectivity index (χ3v) is 3.61. The molecule has 1 aliphatic heterocycles. The molecular formula is C13H16FN3. The molecule has 4 heteroatoms. The van der Waals surface area contributed by atoms with Crippen molar-refractivity contribution in [1.29, 1.82) is 0 Å². The topological polar surface area (TPSA) is 29.9 Å². The van der Waals surface area contributed by atoms with Crippen molar-refractivity contribution in [1.82, 2.24) is 15.1 Å². The molecule has 2 heterocycles. The van der Waals surface area contributed by atoms with Gasteiger partial charge in [-0.2, -0.15) is 5.10 Å². The van der Waals surface area contributed by atoms with Crippen molar-refractivity contribution in [2.24, 2.45) is 7.05 Å². The Morgan fingerprint density at radius 2 is 2.35 bits per heavy atom. The van der Waals surface area contributed by atoms with E-state index in [1.165, 1.54) is 0 Å². The zero-order valence-corrected chi connectivity index (χ0v) is 9.86. The van der Waals surface area contributed by atoms with E-state index >= 15 is 0 Å². The highest BCUT2D eigenvalue weighted by Crippen LogP contribution is 2.29. The molecule has 3 rings (SSSR count). The highest BCUT2D eigenvalue weighted by Gasteiger charge is 2.26. The average molecular weight is 233 g/mol. The first-order valence-corrected chi connectivity index (χ1v) is 6.02. The Morgan fingerprint density at radius 3 is 3.18 bits per heavy atom. The Balaban J connectivity index is 2.01. The molecule has 0 saturated carbocycles. The molecule has 0 amide bonds. The second-order valence-corrected chi connectivity index (χ2v) is 4.70. The molecule has 17 heavy (non-hydrogen) atoms. The fourth-order valence-corrected chi connectivity index (χ4v) is 2.59. The van der Waals surface area contributed by atoms with Gasteiger partial charge in [0.1, 0.15) is 6.17 Å². The van der Waals surface area contributed by atoms with E-state index in [4.69, 9.17) is 0 Å². The van der Waals surface area contributed by atoms with Gasteiger partial charge in [-0.05, 0) is 24.6 Å². The highest BCUT2D eigenvalue weighted by atomic mass is 19.1. The van der Waals surface area contributed by atoms with E-state index in [1.54, 1.807) is 0 Å². The number of rotatable bonds is 1. The lowest BCUT2D eigenvalue weighted by molar-refractivity contribution is 0.231. The highest BCUT2D eigenvalue weighted by molar-refractivity contribution is 5.79. The molecule has 1 N–H and O–H groups in total. The van der Waals surface area contributed by atoms with Gasteiger partial charge < -0.3 is 5.32 Å². The smallest absolute Gasteiger partial charge is 0.119 e. The van der Waals surface area contributed by atoms with Gasteiger partial charge in [-0.15, -0.1) is 0 Å². The molecule has 0 radical (unpaired) electrons. The second-order valence-electron chi connectivity index (χ2n) is 4.70. The Labute approximate surface area is 99.6 Å². The number of fused-ring (bicyclic) bond motifs is 1. The Bertz CT molecular complexity index is 534. The van der Waals surface area contributed by atoms with Crippen LogP contribution in [0, 0.1) is 0 Å². The van der Waals surface area contributed by atoms with Crippen LogP contribution in [0.4, 0.5) is 4.39 Å². The van der Waals surface area contributed by atoms with Gasteiger partial charge in [0, 0.05) is 24.9 Å². The van der Waals surface area contributed by atoms with Crippen molar-refractivity contribution in [2.45, 2.75) is 18.5 Å². The summed E-state index contributed by atoms with van der Waals surface area (Å²) in [7, 11) is 1.92. The van der Waals surface area contributed by atoms with Crippen LogP contribution in [-0.2, 0) is 7.05 Å². The SMILES string of the molecule is Cn1ncc2ccc(C3CCNCC3F)cc21. The van der Waals surface area contributed by atoms with Crippen LogP contribution < -0.4 is 5.32 Å². The van der Waals surface area contributed by atoms with Crippen LogP contribution in [0.2, 0.25) is 0 Å². The quantitative estimate of drug-likeness (QED) is 0.816. The van der Waals surface area contributed by atoms with Gasteiger partial charge in [0.15, 0.2) is 0 Å². The summed E-state index contributed by atoms with van der Waals surface area (Å²) in [5.74, 6) is 0.0237. The van der Waals surface area contributed by atoms with Gasteiger partial charge in [0.25, 0.3) is 0 Å². The summed E-state index contributed by atoms with van der Waals surface area (Å²) in [6, 6.07) is 6.14. The zero-order valence-electron chi connectivity index (χ0n) is 9.86. The maximum absolute atomic E-state index is 13.9. The summed E-state index contributed by atoms with van der Waals surface area (Å²) in [5, 5.41) is 8.41. The number of hydrogen-bond donors (Lipinski definition) is 1. The molecule has 90 valence electrons. The first-order chi connectivity index (χ1) is 8.25. The largest absolute Gasteiger partial charge is 0.314 e. The number of nitrogens with zero attached hydrogens (tertiary/aromatic N) is 2. The van der Waals surface area contributed by atoms with Crippen molar-refractivity contribution in [2.75, 3.05) is 13.1 Å². The fourth-order valence-electron chi connectivity index (χ4n) is 2.59. The average Bonchev–Trinajstić information content (AvgIpc) is 2.71. The lowest BCUT2D eigenvalue weighted by Gasteiger charge is -2.27.